The molecule has 2 unspecified atom stereocenters. The van der Waals surface area contributed by atoms with Crippen LogP contribution in [0.4, 0.5) is 4.79 Å². The Kier molecular flexibility index (Phi) is 6.77. The molecule has 2 aliphatic rings. The zero-order chi connectivity index (χ0) is 27.2. The molecule has 8 heteroatoms. The van der Waals surface area contributed by atoms with Gasteiger partial charge in [0.1, 0.15) is 35.2 Å². The highest BCUT2D eigenvalue weighted by atomic mass is 16.6. The molecule has 1 aliphatic heterocycles. The minimum absolute atomic E-state index is 0.176. The van der Waals surface area contributed by atoms with Crippen LogP contribution in [0, 0.1) is 13.8 Å². The van der Waals surface area contributed by atoms with Crippen LogP contribution in [0.5, 0.6) is 0 Å². The number of aromatic nitrogens is 3. The molecule has 0 amide bonds. The lowest BCUT2D eigenvalue weighted by Crippen LogP contribution is -2.28. The maximum Gasteiger partial charge on any atom is 0.420 e. The topological polar surface area (TPSA) is 99.6 Å². The van der Waals surface area contributed by atoms with Gasteiger partial charge in [0.05, 0.1) is 16.7 Å². The van der Waals surface area contributed by atoms with E-state index in [9.17, 15) is 9.90 Å². The summed E-state index contributed by atoms with van der Waals surface area (Å²) in [6.45, 7) is 11.2. The molecule has 2 atom stereocenters. The number of nitrogens with zero attached hydrogens (tertiary/aromatic N) is 3. The number of allylic oxidation sites excluding steroid dienone is 4. The molecule has 0 saturated heterocycles. The minimum atomic E-state index is -0.976. The summed E-state index contributed by atoms with van der Waals surface area (Å²) in [7, 11) is 0. The van der Waals surface area contributed by atoms with Crippen LogP contribution < -0.4 is 0 Å². The van der Waals surface area contributed by atoms with Crippen molar-refractivity contribution in [1.29, 1.82) is 0 Å². The van der Waals surface area contributed by atoms with Crippen molar-refractivity contribution in [2.45, 2.75) is 84.5 Å². The number of ether oxygens (including phenoxy) is 2. The molecule has 0 radical (unpaired) electrons. The number of benzene rings is 1. The van der Waals surface area contributed by atoms with Gasteiger partial charge in [-0.25, -0.2) is 14.3 Å². The third-order valence-corrected chi connectivity index (χ3v) is 6.73. The second-order valence-electron chi connectivity index (χ2n) is 11.0. The van der Waals surface area contributed by atoms with E-state index in [1.807, 2.05) is 84.1 Å². The number of aliphatic hydroxyl groups is 1. The highest BCUT2D eigenvalue weighted by Crippen LogP contribution is 2.44. The van der Waals surface area contributed by atoms with Crippen molar-refractivity contribution in [3.8, 4) is 11.1 Å². The van der Waals surface area contributed by atoms with Crippen LogP contribution in [0.1, 0.15) is 81.8 Å². The van der Waals surface area contributed by atoms with Gasteiger partial charge in [-0.1, -0.05) is 23.4 Å². The average molecular weight is 518 g/mol. The molecule has 8 nitrogen and oxygen atoms in total. The molecule has 2 aromatic heterocycles. The highest BCUT2D eigenvalue weighted by Gasteiger charge is 2.36. The number of imidazole rings is 1. The number of fused-ring (bicyclic) bond motifs is 1. The van der Waals surface area contributed by atoms with Gasteiger partial charge in [0.15, 0.2) is 0 Å². The van der Waals surface area contributed by atoms with Gasteiger partial charge in [-0.2, -0.15) is 0 Å². The quantitative estimate of drug-likeness (QED) is 0.359. The van der Waals surface area contributed by atoms with E-state index in [1.54, 1.807) is 4.57 Å². The van der Waals surface area contributed by atoms with Crippen LogP contribution in [0.3, 0.4) is 0 Å². The Bertz CT molecular complexity index is 1440. The predicted octanol–water partition coefficient (Wildman–Crippen LogP) is 6.81. The summed E-state index contributed by atoms with van der Waals surface area (Å²) in [6.07, 6.45) is 10.1. The van der Waals surface area contributed by atoms with E-state index in [0.717, 1.165) is 29.7 Å². The van der Waals surface area contributed by atoms with Gasteiger partial charge in [0.2, 0.25) is 0 Å². The number of aryl methyl sites for hydroxylation is 2. The van der Waals surface area contributed by atoms with Crippen molar-refractivity contribution in [3.05, 3.63) is 71.1 Å². The maximum atomic E-state index is 13.5. The summed E-state index contributed by atoms with van der Waals surface area (Å²) >= 11 is 0. The van der Waals surface area contributed by atoms with E-state index in [-0.39, 0.29) is 5.92 Å². The Balaban J connectivity index is 1.65. The Morgan fingerprint density at radius 2 is 2.00 bits per heavy atom. The minimum Gasteiger partial charge on any atom is -0.487 e. The second-order valence-corrected chi connectivity index (χ2v) is 11.0. The molecule has 200 valence electrons. The number of hydrogen-bond acceptors (Lipinski definition) is 7. The normalized spacial score (nSPS) is 18.9. The van der Waals surface area contributed by atoms with E-state index in [2.05, 4.69) is 5.16 Å². The monoisotopic (exact) mass is 517 g/mol. The third-order valence-electron chi connectivity index (χ3n) is 6.73. The van der Waals surface area contributed by atoms with Crippen molar-refractivity contribution in [3.63, 3.8) is 0 Å². The smallest absolute Gasteiger partial charge is 0.420 e. The van der Waals surface area contributed by atoms with Crippen LogP contribution in [-0.2, 0) is 9.47 Å². The SMILES string of the molecule is C/C=C\C=C/C1=CCC(C(O)c2cc(-c3c(C)noc3C)cc3c2nc(C2CC2)n3C(=O)OC(C)(C)C)O1. The van der Waals surface area contributed by atoms with Crippen molar-refractivity contribution >= 4 is 17.1 Å². The van der Waals surface area contributed by atoms with Gasteiger partial charge < -0.3 is 19.1 Å². The molecule has 3 aromatic rings. The van der Waals surface area contributed by atoms with Gasteiger partial charge in [0, 0.05) is 23.5 Å². The van der Waals surface area contributed by atoms with Crippen LogP contribution in [0.15, 0.2) is 52.8 Å². The predicted molar refractivity (Wildman–Crippen MR) is 145 cm³/mol. The Hall–Kier alpha value is -3.65. The summed E-state index contributed by atoms with van der Waals surface area (Å²) in [5, 5.41) is 15.8. The van der Waals surface area contributed by atoms with Crippen molar-refractivity contribution in [2.75, 3.05) is 0 Å². The molecule has 1 aromatic carbocycles. The van der Waals surface area contributed by atoms with Crippen LogP contribution >= 0.6 is 0 Å². The zero-order valence-corrected chi connectivity index (χ0v) is 22.8. The summed E-state index contributed by atoms with van der Waals surface area (Å²) in [5.74, 6) is 2.21. The van der Waals surface area contributed by atoms with E-state index in [0.29, 0.717) is 40.4 Å². The van der Waals surface area contributed by atoms with E-state index >= 15 is 0 Å². The molecule has 0 bridgehead atoms. The van der Waals surface area contributed by atoms with Crippen LogP contribution in [0.2, 0.25) is 0 Å². The first kappa shape index (κ1) is 26.0. The number of aliphatic hydroxyl groups excluding tert-OH is 1. The first-order valence-corrected chi connectivity index (χ1v) is 13.1. The van der Waals surface area contributed by atoms with Gasteiger partial charge in [-0.05, 0) is 84.2 Å². The first-order chi connectivity index (χ1) is 18.1. The van der Waals surface area contributed by atoms with Gasteiger partial charge in [-0.15, -0.1) is 0 Å². The fourth-order valence-electron chi connectivity index (χ4n) is 4.87. The number of carbonyl (C=O) groups excluding carboxylic acids is 1. The van der Waals surface area contributed by atoms with Crippen molar-refractivity contribution < 1.29 is 23.9 Å². The van der Waals surface area contributed by atoms with E-state index in [1.165, 1.54) is 0 Å². The van der Waals surface area contributed by atoms with Gasteiger partial charge in [0.25, 0.3) is 0 Å². The maximum absolute atomic E-state index is 13.5. The lowest BCUT2D eigenvalue weighted by Gasteiger charge is -2.22. The number of hydrogen-bond donors (Lipinski definition) is 1. The number of rotatable bonds is 6. The van der Waals surface area contributed by atoms with Gasteiger partial charge in [-0.3, -0.25) is 0 Å². The zero-order valence-electron chi connectivity index (χ0n) is 22.8. The highest BCUT2D eigenvalue weighted by molar-refractivity contribution is 5.93. The molecule has 1 fully saturated rings. The standard InChI is InChI=1S/C30H35N3O5/c1-7-8-9-10-21-13-14-24(36-21)27(34)22-15-20(25-17(2)32-38-18(25)3)16-23-26(22)31-28(19-11-12-19)33(23)29(35)37-30(4,5)6/h7-10,13,15-16,19,24,27,34H,11-12,14H2,1-6H3/b8-7-,10-9-. The first-order valence-electron chi connectivity index (χ1n) is 13.1. The van der Waals surface area contributed by atoms with E-state index in [4.69, 9.17) is 19.0 Å². The van der Waals surface area contributed by atoms with Crippen LogP contribution in [-0.4, -0.2) is 37.6 Å². The summed E-state index contributed by atoms with van der Waals surface area (Å²) in [4.78, 5) is 18.4. The Labute approximate surface area is 222 Å². The summed E-state index contributed by atoms with van der Waals surface area (Å²) in [5.41, 5.74) is 3.42. The lowest BCUT2D eigenvalue weighted by atomic mass is 9.95. The molecule has 38 heavy (non-hydrogen) atoms. The lowest BCUT2D eigenvalue weighted by molar-refractivity contribution is 0.0154. The summed E-state index contributed by atoms with van der Waals surface area (Å²) in [6, 6.07) is 3.83. The fourth-order valence-corrected chi connectivity index (χ4v) is 4.87. The second kappa shape index (κ2) is 9.91. The molecule has 1 aliphatic carbocycles. The molecular weight excluding hydrogens is 482 g/mol. The molecule has 1 N–H and O–H groups in total. The molecule has 1 saturated carbocycles. The third kappa shape index (κ3) is 5.05. The fraction of sp³-hybridized carbons (Fsp3) is 0.433. The molecule has 3 heterocycles. The molecular formula is C30H35N3O5. The van der Waals surface area contributed by atoms with Crippen molar-refractivity contribution in [1.82, 2.24) is 14.7 Å². The largest absolute Gasteiger partial charge is 0.487 e. The van der Waals surface area contributed by atoms with Crippen molar-refractivity contribution in [2.24, 2.45) is 0 Å². The molecule has 0 spiro atoms. The average Bonchev–Trinajstić information content (AvgIpc) is 3.31. The summed E-state index contributed by atoms with van der Waals surface area (Å²) < 4.78 is 18.9. The Morgan fingerprint density at radius 1 is 1.24 bits per heavy atom. The number of carbonyl (C=O) groups is 1. The van der Waals surface area contributed by atoms with E-state index < -0.39 is 23.9 Å². The van der Waals surface area contributed by atoms with Crippen LogP contribution in [0.25, 0.3) is 22.2 Å². The molecule has 5 rings (SSSR count). The Morgan fingerprint density at radius 3 is 2.63 bits per heavy atom. The van der Waals surface area contributed by atoms with Gasteiger partial charge >= 0.3 is 6.09 Å².